The molecule has 0 aliphatic carbocycles. The second-order valence-electron chi connectivity index (χ2n) is 3.46. The number of hydrogen-bond donors (Lipinski definition) is 0. The van der Waals surface area contributed by atoms with Gasteiger partial charge in [-0.15, -0.1) is 11.3 Å². The predicted molar refractivity (Wildman–Crippen MR) is 73.2 cm³/mol. The van der Waals surface area contributed by atoms with E-state index < -0.39 is 6.61 Å². The van der Waals surface area contributed by atoms with Crippen molar-refractivity contribution >= 4 is 38.9 Å². The molecule has 0 N–H and O–H groups in total. The van der Waals surface area contributed by atoms with Crippen molar-refractivity contribution in [1.29, 1.82) is 0 Å². The monoisotopic (exact) mass is 352 g/mol. The van der Waals surface area contributed by atoms with E-state index in [4.69, 9.17) is 11.6 Å². The molecule has 1 atom stereocenters. The molecule has 1 unspecified atom stereocenters. The molecule has 1 aromatic carbocycles. The van der Waals surface area contributed by atoms with Crippen molar-refractivity contribution in [1.82, 2.24) is 0 Å². The highest BCUT2D eigenvalue weighted by molar-refractivity contribution is 9.09. The van der Waals surface area contributed by atoms with Crippen LogP contribution < -0.4 is 4.74 Å². The van der Waals surface area contributed by atoms with Crippen molar-refractivity contribution in [2.24, 2.45) is 0 Å². The van der Waals surface area contributed by atoms with Crippen LogP contribution in [0, 0.1) is 0 Å². The van der Waals surface area contributed by atoms with Crippen LogP contribution in [0.25, 0.3) is 0 Å². The van der Waals surface area contributed by atoms with Gasteiger partial charge in [-0.3, -0.25) is 0 Å². The lowest BCUT2D eigenvalue weighted by molar-refractivity contribution is -0.0498. The van der Waals surface area contributed by atoms with Gasteiger partial charge in [0.25, 0.3) is 0 Å². The van der Waals surface area contributed by atoms with Crippen LogP contribution in [0.15, 0.2) is 36.4 Å². The van der Waals surface area contributed by atoms with E-state index in [0.717, 1.165) is 10.4 Å². The zero-order valence-corrected chi connectivity index (χ0v) is 12.1. The predicted octanol–water partition coefficient (Wildman–Crippen LogP) is 5.49. The third kappa shape index (κ3) is 3.43. The Hall–Kier alpha value is -0.650. The SMILES string of the molecule is FC(F)Oc1cccc(C(Br)c2ccc(Cl)s2)c1. The average Bonchev–Trinajstić information content (AvgIpc) is 2.74. The number of benzene rings is 1. The summed E-state index contributed by atoms with van der Waals surface area (Å²) in [4.78, 5) is 0.922. The maximum absolute atomic E-state index is 12.1. The molecule has 1 heterocycles. The molecular formula is C12H8BrClF2OS. The molecule has 0 saturated heterocycles. The summed E-state index contributed by atoms with van der Waals surface area (Å²) >= 11 is 10.8. The summed E-state index contributed by atoms with van der Waals surface area (Å²) in [5.41, 5.74) is 0.840. The van der Waals surface area contributed by atoms with E-state index in [-0.39, 0.29) is 10.6 Å². The fourth-order valence-corrected chi connectivity index (χ4v) is 3.26. The lowest BCUT2D eigenvalue weighted by Crippen LogP contribution is -2.02. The van der Waals surface area contributed by atoms with Crippen LogP contribution in [0.3, 0.4) is 0 Å². The molecule has 0 aliphatic rings. The van der Waals surface area contributed by atoms with Crippen LogP contribution in [0.4, 0.5) is 8.78 Å². The van der Waals surface area contributed by atoms with Crippen LogP contribution in [-0.2, 0) is 0 Å². The molecule has 1 aromatic heterocycles. The smallest absolute Gasteiger partial charge is 0.387 e. The number of ether oxygens (including phenoxy) is 1. The fraction of sp³-hybridized carbons (Fsp3) is 0.167. The van der Waals surface area contributed by atoms with Crippen molar-refractivity contribution in [2.75, 3.05) is 0 Å². The second-order valence-corrected chi connectivity index (χ2v) is 6.12. The van der Waals surface area contributed by atoms with Gasteiger partial charge >= 0.3 is 6.61 Å². The van der Waals surface area contributed by atoms with Crippen LogP contribution in [0.1, 0.15) is 15.3 Å². The third-order valence-corrected chi connectivity index (χ3v) is 4.84. The summed E-state index contributed by atoms with van der Waals surface area (Å²) in [6.07, 6.45) is 0. The number of rotatable bonds is 4. The van der Waals surface area contributed by atoms with Gasteiger partial charge in [0.05, 0.1) is 9.16 Å². The lowest BCUT2D eigenvalue weighted by Gasteiger charge is -2.10. The summed E-state index contributed by atoms with van der Waals surface area (Å²) in [5, 5.41) is 0. The Kier molecular flexibility index (Phi) is 4.59. The minimum absolute atomic E-state index is 0.0868. The molecule has 0 saturated carbocycles. The highest BCUT2D eigenvalue weighted by Gasteiger charge is 2.14. The van der Waals surface area contributed by atoms with Gasteiger partial charge in [-0.25, -0.2) is 0 Å². The second kappa shape index (κ2) is 5.99. The molecule has 6 heteroatoms. The molecule has 0 amide bonds. The van der Waals surface area contributed by atoms with E-state index in [1.165, 1.54) is 17.4 Å². The van der Waals surface area contributed by atoms with Crippen LogP contribution in [0.5, 0.6) is 5.75 Å². The molecule has 18 heavy (non-hydrogen) atoms. The molecule has 1 nitrogen and oxygen atoms in total. The van der Waals surface area contributed by atoms with Gasteiger partial charge in [0.1, 0.15) is 5.75 Å². The first-order valence-electron chi connectivity index (χ1n) is 5.00. The number of halogens is 4. The van der Waals surface area contributed by atoms with Crippen molar-refractivity contribution in [3.8, 4) is 5.75 Å². The van der Waals surface area contributed by atoms with E-state index in [1.807, 2.05) is 12.1 Å². The van der Waals surface area contributed by atoms with E-state index in [2.05, 4.69) is 20.7 Å². The van der Waals surface area contributed by atoms with Crippen molar-refractivity contribution < 1.29 is 13.5 Å². The standard InChI is InChI=1S/C12H8BrClF2OS/c13-11(9-4-5-10(14)18-9)7-2-1-3-8(6-7)17-12(15)16/h1-6,11-12H. The van der Waals surface area contributed by atoms with E-state index in [1.54, 1.807) is 18.2 Å². The summed E-state index contributed by atoms with van der Waals surface area (Å²) in [6.45, 7) is -2.81. The molecule has 0 aliphatic heterocycles. The van der Waals surface area contributed by atoms with E-state index in [9.17, 15) is 8.78 Å². The highest BCUT2D eigenvalue weighted by Crippen LogP contribution is 2.37. The quantitative estimate of drug-likeness (QED) is 0.661. The Labute approximate surface area is 120 Å². The fourth-order valence-electron chi connectivity index (χ4n) is 1.48. The Morgan fingerprint density at radius 2 is 2.00 bits per heavy atom. The number of thiophene rings is 1. The van der Waals surface area contributed by atoms with Crippen LogP contribution in [-0.4, -0.2) is 6.61 Å². The first-order chi connectivity index (χ1) is 8.56. The molecule has 0 spiro atoms. The lowest BCUT2D eigenvalue weighted by atomic mass is 10.1. The number of alkyl halides is 3. The first kappa shape index (κ1) is 13.8. The van der Waals surface area contributed by atoms with Gasteiger partial charge in [-0.05, 0) is 29.8 Å². The summed E-state index contributed by atoms with van der Waals surface area (Å²) in [6, 6.07) is 10.3. The summed E-state index contributed by atoms with van der Waals surface area (Å²) in [5.74, 6) is 0.148. The zero-order valence-electron chi connectivity index (χ0n) is 8.95. The molecule has 0 fully saturated rings. The van der Waals surface area contributed by atoms with E-state index in [0.29, 0.717) is 4.34 Å². The molecular weight excluding hydrogens is 346 g/mol. The van der Waals surface area contributed by atoms with Gasteiger partial charge in [0.2, 0.25) is 0 Å². The van der Waals surface area contributed by atoms with E-state index >= 15 is 0 Å². The molecule has 0 bridgehead atoms. The highest BCUT2D eigenvalue weighted by atomic mass is 79.9. The van der Waals surface area contributed by atoms with Gasteiger partial charge in [0, 0.05) is 4.88 Å². The first-order valence-corrected chi connectivity index (χ1v) is 7.11. The maximum Gasteiger partial charge on any atom is 0.387 e. The van der Waals surface area contributed by atoms with Crippen LogP contribution in [0.2, 0.25) is 4.34 Å². The van der Waals surface area contributed by atoms with Gasteiger partial charge in [-0.2, -0.15) is 8.78 Å². The van der Waals surface area contributed by atoms with Crippen molar-refractivity contribution in [3.05, 3.63) is 51.2 Å². The molecule has 2 rings (SSSR count). The Morgan fingerprint density at radius 1 is 1.22 bits per heavy atom. The molecule has 2 aromatic rings. The normalized spacial score (nSPS) is 12.7. The van der Waals surface area contributed by atoms with Gasteiger partial charge in [0.15, 0.2) is 0 Å². The maximum atomic E-state index is 12.1. The zero-order chi connectivity index (χ0) is 13.1. The topological polar surface area (TPSA) is 9.23 Å². The molecule has 0 radical (unpaired) electrons. The minimum atomic E-state index is -2.81. The van der Waals surface area contributed by atoms with Crippen molar-refractivity contribution in [2.45, 2.75) is 11.4 Å². The Balaban J connectivity index is 2.22. The largest absolute Gasteiger partial charge is 0.435 e. The minimum Gasteiger partial charge on any atom is -0.435 e. The Morgan fingerprint density at radius 3 is 2.61 bits per heavy atom. The Bertz CT molecular complexity index is 532. The summed E-state index contributed by atoms with van der Waals surface area (Å²) in [7, 11) is 0. The molecule has 96 valence electrons. The third-order valence-electron chi connectivity index (χ3n) is 2.22. The summed E-state index contributed by atoms with van der Waals surface area (Å²) < 4.78 is 29.3. The average molecular weight is 354 g/mol. The number of hydrogen-bond acceptors (Lipinski definition) is 2. The van der Waals surface area contributed by atoms with Gasteiger partial charge < -0.3 is 4.74 Å². The van der Waals surface area contributed by atoms with Crippen molar-refractivity contribution in [3.63, 3.8) is 0 Å². The van der Waals surface area contributed by atoms with Gasteiger partial charge in [-0.1, -0.05) is 39.7 Å². The van der Waals surface area contributed by atoms with Crippen LogP contribution >= 0.6 is 38.9 Å².